The number of benzene rings is 1. The average Bonchev–Trinajstić information content (AvgIpc) is 3.07. The first kappa shape index (κ1) is 40.8. The number of likely N-dealkylation sites (N-methyl/N-ethyl adjacent to an activating group) is 1. The average molecular weight is 681 g/mol. The minimum Gasteiger partial charge on any atom is -0.494 e. The second-order valence-corrected chi connectivity index (χ2v) is 11.8. The van der Waals surface area contributed by atoms with Crippen LogP contribution in [0.5, 0.6) is 5.75 Å². The second kappa shape index (κ2) is 21.6. The second-order valence-electron chi connectivity index (χ2n) is 11.8. The van der Waals surface area contributed by atoms with Crippen molar-refractivity contribution in [2.24, 2.45) is 21.5 Å². The summed E-state index contributed by atoms with van der Waals surface area (Å²) in [7, 11) is 5.03. The molecule has 1 fully saturated rings. The Balaban J connectivity index is 2.62. The van der Waals surface area contributed by atoms with Crippen LogP contribution in [0, 0.1) is 5.41 Å². The highest BCUT2D eigenvalue weighted by Crippen LogP contribution is 2.35. The predicted octanol–water partition coefficient (Wildman–Crippen LogP) is 7.54. The fourth-order valence-corrected chi connectivity index (χ4v) is 4.83. The molecule has 1 aliphatic rings. The van der Waals surface area contributed by atoms with E-state index in [-0.39, 0.29) is 17.5 Å². The van der Waals surface area contributed by atoms with Crippen LogP contribution in [0.2, 0.25) is 0 Å². The standard InChI is InChI=1S/C40H56N8O2/c1-9-12-18-31(22-21-28(4)40(49)48(7)27-32(26-44-6)29(5)41)33-19-14-20-35(39(33)50-8)47-36(24-37(42)46-25-30-16-13-17-30)38(43)34(15-10-2)45-23-11-3/h11-12,14-15,18-26,43,45,47H,9-10,13,16-17,27,41H2,1-8H3,(H2,42,46)/b18-12+,23-11-,28-21+,31-22+,32-29?,34-15+,36-24+,43-38?,44-26?. The van der Waals surface area contributed by atoms with E-state index in [2.05, 4.69) is 33.6 Å². The van der Waals surface area contributed by atoms with E-state index in [4.69, 9.17) is 16.2 Å². The summed E-state index contributed by atoms with van der Waals surface area (Å²) < 4.78 is 6.01. The molecule has 0 spiro atoms. The molecule has 1 amide bonds. The number of carbonyl (C=O) groups excluding carboxylic acids is 1. The van der Waals surface area contributed by atoms with E-state index in [0.717, 1.165) is 42.4 Å². The molecule has 0 aromatic heterocycles. The Morgan fingerprint density at radius 1 is 1.12 bits per heavy atom. The fraction of sp³-hybridized carbons (Fsp3) is 0.350. The summed E-state index contributed by atoms with van der Waals surface area (Å²) in [6, 6.07) is 5.77. The number of para-hydroxylation sites is 1. The molecule has 0 aliphatic heterocycles. The van der Waals surface area contributed by atoms with Crippen molar-refractivity contribution in [2.75, 3.05) is 33.1 Å². The number of nitrogens with zero attached hydrogens (tertiary/aromatic N) is 3. The number of carbonyl (C=O) groups is 1. The number of hydrogen-bond donors (Lipinski definition) is 5. The zero-order chi connectivity index (χ0) is 37.1. The Morgan fingerprint density at radius 2 is 1.86 bits per heavy atom. The fourth-order valence-electron chi connectivity index (χ4n) is 4.83. The molecule has 1 saturated carbocycles. The molecule has 1 aromatic rings. The van der Waals surface area contributed by atoms with Crippen molar-refractivity contribution in [2.45, 2.75) is 66.7 Å². The molecule has 0 unspecified atom stereocenters. The van der Waals surface area contributed by atoms with E-state index >= 15 is 0 Å². The highest BCUT2D eigenvalue weighted by atomic mass is 16.5. The highest BCUT2D eigenvalue weighted by molar-refractivity contribution is 6.15. The van der Waals surface area contributed by atoms with Crippen LogP contribution in [0.3, 0.4) is 0 Å². The van der Waals surface area contributed by atoms with E-state index in [1.54, 1.807) is 58.4 Å². The van der Waals surface area contributed by atoms with Crippen LogP contribution in [-0.2, 0) is 4.79 Å². The van der Waals surface area contributed by atoms with Gasteiger partial charge in [0.1, 0.15) is 17.3 Å². The Morgan fingerprint density at radius 3 is 2.44 bits per heavy atom. The largest absolute Gasteiger partial charge is 0.494 e. The van der Waals surface area contributed by atoms with Crippen LogP contribution < -0.4 is 26.8 Å². The van der Waals surface area contributed by atoms with Gasteiger partial charge >= 0.3 is 0 Å². The lowest BCUT2D eigenvalue weighted by Gasteiger charge is -2.20. The maximum absolute atomic E-state index is 13.3. The maximum Gasteiger partial charge on any atom is 0.249 e. The zero-order valence-electron chi connectivity index (χ0n) is 31.1. The van der Waals surface area contributed by atoms with E-state index in [1.165, 1.54) is 12.0 Å². The van der Waals surface area contributed by atoms with Gasteiger partial charge in [0.05, 0.1) is 24.2 Å². The molecule has 7 N–H and O–H groups in total. The topological polar surface area (TPSA) is 154 Å². The molecule has 2 rings (SSSR count). The normalized spacial score (nSPS) is 15.4. The van der Waals surface area contributed by atoms with Gasteiger partial charge in [0, 0.05) is 61.5 Å². The van der Waals surface area contributed by atoms with Crippen molar-refractivity contribution in [3.63, 3.8) is 0 Å². The Bertz CT molecular complexity index is 1660. The summed E-state index contributed by atoms with van der Waals surface area (Å²) in [6.07, 6.45) is 23.3. The number of methoxy groups -OCH3 is 1. The molecule has 268 valence electrons. The van der Waals surface area contributed by atoms with Gasteiger partial charge in [0.25, 0.3) is 0 Å². The van der Waals surface area contributed by atoms with Crippen LogP contribution >= 0.6 is 0 Å². The van der Waals surface area contributed by atoms with Crippen molar-refractivity contribution in [3.8, 4) is 5.75 Å². The molecule has 10 nitrogen and oxygen atoms in total. The monoisotopic (exact) mass is 680 g/mol. The molecule has 50 heavy (non-hydrogen) atoms. The molecule has 0 heterocycles. The number of amides is 1. The first-order valence-corrected chi connectivity index (χ1v) is 17.0. The number of hydrogen-bond acceptors (Lipinski definition) is 8. The van der Waals surface area contributed by atoms with Gasteiger partial charge in [0.2, 0.25) is 5.91 Å². The smallest absolute Gasteiger partial charge is 0.249 e. The van der Waals surface area contributed by atoms with Crippen molar-refractivity contribution < 1.29 is 9.53 Å². The summed E-state index contributed by atoms with van der Waals surface area (Å²) in [5.41, 5.74) is 19.2. The Kier molecular flexibility index (Phi) is 17.6. The minimum absolute atomic E-state index is 0.131. The minimum atomic E-state index is -0.131. The number of ether oxygens (including phenoxy) is 1. The van der Waals surface area contributed by atoms with Crippen LogP contribution in [0.4, 0.5) is 5.69 Å². The van der Waals surface area contributed by atoms with E-state index in [0.29, 0.717) is 40.6 Å². The summed E-state index contributed by atoms with van der Waals surface area (Å²) in [4.78, 5) is 23.4. The zero-order valence-corrected chi connectivity index (χ0v) is 31.1. The number of amidine groups is 1. The predicted molar refractivity (Wildman–Crippen MR) is 212 cm³/mol. The third-order valence-electron chi connectivity index (χ3n) is 7.77. The SMILES string of the molecule is C/C=C\N/C(=C/CC)C(=N)/C(=C\C(N)=NC=C1CCC1)Nc1cccc(C(/C=C/CC)=C/C=C(\C)C(=O)N(C)CC(C=NC)=C(C)N)c1OC. The third-order valence-corrected chi connectivity index (χ3v) is 7.77. The van der Waals surface area contributed by atoms with Gasteiger partial charge in [-0.05, 0) is 70.7 Å². The van der Waals surface area contributed by atoms with Gasteiger partial charge in [0.15, 0.2) is 0 Å². The number of aliphatic imine (C=N–C) groups is 2. The van der Waals surface area contributed by atoms with Crippen LogP contribution in [0.15, 0.2) is 117 Å². The van der Waals surface area contributed by atoms with Crippen LogP contribution in [0.1, 0.15) is 72.3 Å². The van der Waals surface area contributed by atoms with Crippen molar-refractivity contribution in [3.05, 3.63) is 113 Å². The quantitative estimate of drug-likeness (QED) is 0.0467. The summed E-state index contributed by atoms with van der Waals surface area (Å²) in [5, 5.41) is 15.8. The van der Waals surface area contributed by atoms with E-state index in [1.807, 2.05) is 68.6 Å². The van der Waals surface area contributed by atoms with Gasteiger partial charge < -0.3 is 31.7 Å². The van der Waals surface area contributed by atoms with Crippen LogP contribution in [0.25, 0.3) is 5.57 Å². The van der Waals surface area contributed by atoms with Crippen molar-refractivity contribution >= 4 is 34.9 Å². The Hall–Kier alpha value is -5.38. The maximum atomic E-state index is 13.3. The van der Waals surface area contributed by atoms with Gasteiger partial charge in [-0.3, -0.25) is 15.2 Å². The molecule has 10 heteroatoms. The van der Waals surface area contributed by atoms with Crippen molar-refractivity contribution in [1.29, 1.82) is 5.41 Å². The molecule has 0 radical (unpaired) electrons. The number of allylic oxidation sites excluding steroid dienone is 9. The first-order valence-electron chi connectivity index (χ1n) is 17.0. The molecule has 0 atom stereocenters. The molecule has 1 aliphatic carbocycles. The molecule has 0 saturated heterocycles. The number of rotatable bonds is 18. The number of anilines is 1. The number of nitrogens with two attached hydrogens (primary N) is 2. The first-order chi connectivity index (χ1) is 24.0. The summed E-state index contributed by atoms with van der Waals surface area (Å²) in [5.74, 6) is 0.713. The highest BCUT2D eigenvalue weighted by Gasteiger charge is 2.18. The molecular formula is C40H56N8O2. The number of nitrogens with one attached hydrogen (secondary N) is 3. The van der Waals surface area contributed by atoms with Gasteiger partial charge in [-0.1, -0.05) is 68.0 Å². The van der Waals surface area contributed by atoms with Crippen molar-refractivity contribution in [1.82, 2.24) is 10.2 Å². The lowest BCUT2D eigenvalue weighted by Crippen LogP contribution is -2.30. The van der Waals surface area contributed by atoms with Crippen LogP contribution in [-0.4, -0.2) is 56.3 Å². The molecule has 0 bridgehead atoms. The lowest BCUT2D eigenvalue weighted by molar-refractivity contribution is -0.125. The molecular weight excluding hydrogens is 624 g/mol. The summed E-state index contributed by atoms with van der Waals surface area (Å²) >= 11 is 0. The third kappa shape index (κ3) is 12.6. The van der Waals surface area contributed by atoms with Gasteiger partial charge in [-0.25, -0.2) is 4.99 Å². The van der Waals surface area contributed by atoms with E-state index < -0.39 is 0 Å². The summed E-state index contributed by atoms with van der Waals surface area (Å²) in [6.45, 7) is 9.91. The molecule has 1 aromatic carbocycles. The van der Waals surface area contributed by atoms with Gasteiger partial charge in [-0.2, -0.15) is 0 Å². The van der Waals surface area contributed by atoms with Gasteiger partial charge in [-0.15, -0.1) is 0 Å². The lowest BCUT2D eigenvalue weighted by atomic mass is 9.94. The van der Waals surface area contributed by atoms with E-state index in [9.17, 15) is 10.2 Å². The Labute approximate surface area is 299 Å².